The first-order valence-corrected chi connectivity index (χ1v) is 1.30. The Morgan fingerprint density at radius 3 is 0.800 bits per heavy atom. The van der Waals surface area contributed by atoms with Crippen molar-refractivity contribution in [1.29, 1.82) is 0 Å². The summed E-state index contributed by atoms with van der Waals surface area (Å²) in [5.74, 6) is 0. The smallest absolute Gasteiger partial charge is 1.00 e. The quantitative estimate of drug-likeness (QED) is 0.390. The Kier molecular flexibility index (Phi) is 36.0. The predicted molar refractivity (Wildman–Crippen MR) is 37.3 cm³/mol. The van der Waals surface area contributed by atoms with Crippen molar-refractivity contribution in [3.8, 4) is 0 Å². The molecule has 0 saturated carbocycles. The maximum absolute atomic E-state index is 8.56. The molecule has 56 valence electrons. The van der Waals surface area contributed by atoms with Gasteiger partial charge < -0.3 is 26.1 Å². The van der Waals surface area contributed by atoms with Crippen LogP contribution in [0.15, 0.2) is 0 Å². The van der Waals surface area contributed by atoms with Crippen LogP contribution < -0.4 is 0 Å². The van der Waals surface area contributed by atoms with Crippen LogP contribution in [0.1, 0.15) is 5.71 Å². The average Bonchev–Trinajstić information content (AvgIpc) is 1.25. The molecule has 0 aromatic heterocycles. The van der Waals surface area contributed by atoms with Crippen molar-refractivity contribution in [3.63, 3.8) is 0 Å². The van der Waals surface area contributed by atoms with E-state index in [1.165, 1.54) is 0 Å². The predicted octanol–water partition coefficient (Wildman–Crippen LogP) is 0.133. The third-order valence-electron chi connectivity index (χ3n) is 0. The molecule has 0 heterocycles. The average molecular weight is 177 g/mol. The molecule has 8 heteroatoms. The molecule has 10 heavy (non-hydrogen) atoms. The Hall–Kier alpha value is 0.0725. The molecule has 0 bridgehead atoms. The Morgan fingerprint density at radius 1 is 0.800 bits per heavy atom. The van der Waals surface area contributed by atoms with Gasteiger partial charge in [-0.2, -0.15) is 0 Å². The van der Waals surface area contributed by atoms with Crippen molar-refractivity contribution in [2.45, 2.75) is 0 Å². The monoisotopic (exact) mass is 176 g/mol. The van der Waals surface area contributed by atoms with Gasteiger partial charge >= 0.3 is 58.4 Å². The van der Waals surface area contributed by atoms with Gasteiger partial charge in [0.25, 0.3) is 0 Å². The van der Waals surface area contributed by atoms with Gasteiger partial charge in [0.15, 0.2) is 0 Å². The van der Waals surface area contributed by atoms with E-state index >= 15 is 0 Å². The van der Waals surface area contributed by atoms with E-state index in [1.54, 1.807) is 0 Å². The summed E-state index contributed by atoms with van der Waals surface area (Å²) < 4.78 is 0. The molecule has 0 fully saturated rings. The first-order chi connectivity index (χ1) is 3.46. The summed E-state index contributed by atoms with van der Waals surface area (Å²) in [5.41, 5.74) is 0. The molecular weight excluding hydrogens is 169 g/mol. The van der Waals surface area contributed by atoms with Crippen LogP contribution in [0.4, 0.5) is 9.59 Å². The largest absolute Gasteiger partial charge is 2.00 e. The minimum absolute atomic E-state index is 0. The molecule has 0 aromatic rings. The Bertz CT molecular complexity index is 83.8. The standard InChI is InChI=1S/2CH2O3.2Mg.4H/c2*2-1(3)4;;;;;;/h2*(H2,2,3,4);;;;;;/q;;2*+2;4*-1. The summed E-state index contributed by atoms with van der Waals surface area (Å²) in [6.07, 6.45) is -3.67. The molecule has 0 rings (SSSR count). The Balaban J connectivity index is -0.00000000600. The van der Waals surface area contributed by atoms with Crippen LogP contribution in [-0.2, 0) is 0 Å². The van der Waals surface area contributed by atoms with E-state index in [2.05, 4.69) is 0 Å². The van der Waals surface area contributed by atoms with Crippen LogP contribution in [0.5, 0.6) is 0 Å². The molecule has 0 atom stereocenters. The van der Waals surface area contributed by atoms with Gasteiger partial charge in [-0.3, -0.25) is 0 Å². The Labute approximate surface area is 94.1 Å². The second-order valence-corrected chi connectivity index (χ2v) is 0.565. The molecule has 6 nitrogen and oxygen atoms in total. The molecule has 0 unspecified atom stereocenters. The summed E-state index contributed by atoms with van der Waals surface area (Å²) in [5, 5.41) is 27.9. The Morgan fingerprint density at radius 2 is 0.800 bits per heavy atom. The van der Waals surface area contributed by atoms with Gasteiger partial charge in [0.2, 0.25) is 0 Å². The van der Waals surface area contributed by atoms with E-state index in [-0.39, 0.29) is 51.8 Å². The van der Waals surface area contributed by atoms with Crippen molar-refractivity contribution in [2.24, 2.45) is 0 Å². The van der Waals surface area contributed by atoms with Gasteiger partial charge in [0.05, 0.1) is 0 Å². The number of carboxylic acid groups (broad SMARTS) is 4. The zero-order chi connectivity index (χ0) is 7.15. The summed E-state index contributed by atoms with van der Waals surface area (Å²) in [7, 11) is 0. The molecule has 4 N–H and O–H groups in total. The summed E-state index contributed by atoms with van der Waals surface area (Å²) >= 11 is 0. The summed E-state index contributed by atoms with van der Waals surface area (Å²) in [6.45, 7) is 0. The van der Waals surface area contributed by atoms with Crippen LogP contribution >= 0.6 is 0 Å². The second-order valence-electron chi connectivity index (χ2n) is 0.565. The molecule has 0 aliphatic rings. The SMILES string of the molecule is O=C(O)O.O=C(O)O.[H-].[H-].[H-].[H-].[Mg+2].[Mg+2]. The first kappa shape index (κ1) is 22.5. The van der Waals surface area contributed by atoms with E-state index in [4.69, 9.17) is 30.0 Å². The first-order valence-electron chi connectivity index (χ1n) is 1.30. The minimum atomic E-state index is -1.83. The van der Waals surface area contributed by atoms with Gasteiger partial charge in [-0.25, -0.2) is 9.59 Å². The maximum Gasteiger partial charge on any atom is 2.00 e. The van der Waals surface area contributed by atoms with Crippen molar-refractivity contribution >= 4 is 58.4 Å². The third-order valence-corrected chi connectivity index (χ3v) is 0. The molecule has 0 aliphatic carbocycles. The number of hydrogen-bond donors (Lipinski definition) is 4. The molecule has 0 spiro atoms. The normalized spacial score (nSPS) is 4.80. The zero-order valence-electron chi connectivity index (χ0n) is 9.02. The van der Waals surface area contributed by atoms with E-state index in [1.807, 2.05) is 0 Å². The van der Waals surface area contributed by atoms with Crippen LogP contribution in [0, 0.1) is 0 Å². The van der Waals surface area contributed by atoms with Crippen molar-refractivity contribution in [1.82, 2.24) is 0 Å². The van der Waals surface area contributed by atoms with Crippen molar-refractivity contribution < 1.29 is 35.7 Å². The van der Waals surface area contributed by atoms with Gasteiger partial charge in [-0.15, -0.1) is 0 Å². The van der Waals surface area contributed by atoms with Crippen LogP contribution in [0.3, 0.4) is 0 Å². The van der Waals surface area contributed by atoms with Crippen molar-refractivity contribution in [3.05, 3.63) is 0 Å². The van der Waals surface area contributed by atoms with Gasteiger partial charge in [-0.1, -0.05) is 0 Å². The fraction of sp³-hybridized carbons (Fsp3) is 0. The van der Waals surface area contributed by atoms with E-state index in [0.29, 0.717) is 0 Å². The molecule has 0 saturated heterocycles. The van der Waals surface area contributed by atoms with Gasteiger partial charge in [0.1, 0.15) is 0 Å². The van der Waals surface area contributed by atoms with Crippen LogP contribution in [0.25, 0.3) is 0 Å². The van der Waals surface area contributed by atoms with Gasteiger partial charge in [0, 0.05) is 0 Å². The van der Waals surface area contributed by atoms with Crippen LogP contribution in [0.2, 0.25) is 0 Å². The summed E-state index contributed by atoms with van der Waals surface area (Å²) in [4.78, 5) is 17.1. The minimum Gasteiger partial charge on any atom is -1.00 e. The van der Waals surface area contributed by atoms with E-state index in [0.717, 1.165) is 0 Å². The molecule has 0 amide bonds. The fourth-order valence-electron chi connectivity index (χ4n) is 0. The molecule has 0 aliphatic heterocycles. The van der Waals surface area contributed by atoms with Crippen LogP contribution in [-0.4, -0.2) is 78.8 Å². The third kappa shape index (κ3) is 76900. The molecular formula is C2H8Mg2O6. The van der Waals surface area contributed by atoms with Crippen molar-refractivity contribution in [2.75, 3.05) is 0 Å². The van der Waals surface area contributed by atoms with Gasteiger partial charge in [-0.05, 0) is 0 Å². The number of hydrogen-bond acceptors (Lipinski definition) is 2. The zero-order valence-corrected chi connectivity index (χ0v) is 7.85. The second kappa shape index (κ2) is 16.0. The van der Waals surface area contributed by atoms with E-state index < -0.39 is 12.3 Å². The molecule has 0 aromatic carbocycles. The molecule has 0 radical (unpaired) electrons. The maximum atomic E-state index is 8.56. The number of rotatable bonds is 0. The topological polar surface area (TPSA) is 115 Å². The summed E-state index contributed by atoms with van der Waals surface area (Å²) in [6, 6.07) is 0. The fourth-order valence-corrected chi connectivity index (χ4v) is 0. The number of carbonyl (C=O) groups is 2. The van der Waals surface area contributed by atoms with E-state index in [9.17, 15) is 0 Å².